The standard InChI is InChI=1S/C39H37N7O10/c1-15-12-41-30-25(48)11-24-27(26(15)30)17(14-56-16(2)47)13-46(24)38(52)23-10-20-18-5-7-44(31(18)33(49)35(54-3)28(20)43-23)37(51)22-9-21-19-6-8-45(39(40)53)32(19)34(50)36(55-4)29(21)42-22/h5,9-11,23,41-43,48-50H,6-8,12-14H2,1-4H3,(H2,40,53). The van der Waals surface area contributed by atoms with Gasteiger partial charge in [-0.05, 0) is 42.2 Å². The Balaban J connectivity index is 1.09. The summed E-state index contributed by atoms with van der Waals surface area (Å²) in [6.45, 7) is 4.15. The van der Waals surface area contributed by atoms with Gasteiger partial charge < -0.3 is 55.8 Å². The number of aromatic hydroxyl groups is 3. The quantitative estimate of drug-likeness (QED) is 0.103. The van der Waals surface area contributed by atoms with Crippen molar-refractivity contribution in [2.24, 2.45) is 5.73 Å². The van der Waals surface area contributed by atoms with Gasteiger partial charge in [0.25, 0.3) is 11.8 Å². The van der Waals surface area contributed by atoms with E-state index in [4.69, 9.17) is 19.9 Å². The first-order valence-electron chi connectivity index (χ1n) is 17.9. The van der Waals surface area contributed by atoms with E-state index in [1.54, 1.807) is 18.2 Å². The summed E-state index contributed by atoms with van der Waals surface area (Å²) >= 11 is 0. The SMILES string of the molecule is COc1c(O)c2c(c3c1NC(C(=O)N1CC(COC(C)=O)=c4c1cc(O)c1c4=C(C)CN1)C=3)=CCN2C(=O)c1cc2c3c(c(O)c(OC)c2[nH]1)N(C(N)=O)CC3. The maximum Gasteiger partial charge on any atom is 0.319 e. The Kier molecular flexibility index (Phi) is 7.59. The number of esters is 1. The summed E-state index contributed by atoms with van der Waals surface area (Å²) in [5.74, 6) is -1.88. The molecule has 56 heavy (non-hydrogen) atoms. The number of aromatic amines is 1. The Morgan fingerprint density at radius 1 is 0.946 bits per heavy atom. The average molecular weight is 764 g/mol. The summed E-state index contributed by atoms with van der Waals surface area (Å²) in [5, 5.41) is 43.3. The van der Waals surface area contributed by atoms with Crippen molar-refractivity contribution in [3.8, 4) is 28.7 Å². The van der Waals surface area contributed by atoms with Gasteiger partial charge in [0.1, 0.15) is 24.1 Å². The average Bonchev–Trinajstić information content (AvgIpc) is 4.01. The van der Waals surface area contributed by atoms with Crippen LogP contribution in [0.3, 0.4) is 0 Å². The maximum absolute atomic E-state index is 14.5. The predicted molar refractivity (Wildman–Crippen MR) is 206 cm³/mol. The van der Waals surface area contributed by atoms with Crippen molar-refractivity contribution in [1.29, 1.82) is 0 Å². The molecule has 0 radical (unpaired) electrons. The number of urea groups is 1. The number of nitrogens with one attached hydrogen (secondary N) is 3. The Morgan fingerprint density at radius 2 is 1.70 bits per heavy atom. The smallest absolute Gasteiger partial charge is 0.319 e. The number of aromatic nitrogens is 1. The number of fused-ring (bicyclic) bond motifs is 9. The molecule has 4 aromatic rings. The molecule has 0 saturated carbocycles. The minimum absolute atomic E-state index is 0.0141. The first-order chi connectivity index (χ1) is 26.8. The first kappa shape index (κ1) is 34.7. The number of nitrogens with zero attached hydrogens (tertiary/aromatic N) is 3. The van der Waals surface area contributed by atoms with Crippen molar-refractivity contribution in [3.05, 3.63) is 44.3 Å². The van der Waals surface area contributed by atoms with Crippen LogP contribution in [0, 0.1) is 0 Å². The number of ether oxygens (including phenoxy) is 3. The van der Waals surface area contributed by atoms with Crippen molar-refractivity contribution in [2.75, 3.05) is 72.3 Å². The Morgan fingerprint density at radius 3 is 2.41 bits per heavy atom. The number of amides is 4. The van der Waals surface area contributed by atoms with Crippen LogP contribution in [-0.4, -0.2) is 97.2 Å². The fraction of sp³-hybridized carbons (Fsp3) is 0.282. The van der Waals surface area contributed by atoms with Gasteiger partial charge in [-0.15, -0.1) is 0 Å². The molecule has 4 amide bonds. The van der Waals surface area contributed by atoms with Crippen molar-refractivity contribution in [2.45, 2.75) is 26.3 Å². The molecule has 6 heterocycles. The van der Waals surface area contributed by atoms with Gasteiger partial charge in [-0.25, -0.2) is 4.79 Å². The van der Waals surface area contributed by atoms with E-state index >= 15 is 0 Å². The van der Waals surface area contributed by atoms with Crippen LogP contribution < -0.4 is 61.4 Å². The minimum atomic E-state index is -0.946. The number of benzene rings is 3. The minimum Gasteiger partial charge on any atom is -0.506 e. The summed E-state index contributed by atoms with van der Waals surface area (Å²) in [6, 6.07) is 1.47. The summed E-state index contributed by atoms with van der Waals surface area (Å²) in [6.07, 6.45) is 3.87. The highest BCUT2D eigenvalue weighted by molar-refractivity contribution is 6.14. The van der Waals surface area contributed by atoms with Gasteiger partial charge in [-0.3, -0.25) is 24.2 Å². The number of phenols is 3. The molecule has 0 aliphatic carbocycles. The molecular formula is C39H37N7O10. The van der Waals surface area contributed by atoms with Gasteiger partial charge >= 0.3 is 12.0 Å². The zero-order valence-electron chi connectivity index (χ0n) is 30.7. The summed E-state index contributed by atoms with van der Waals surface area (Å²) in [4.78, 5) is 60.0. The summed E-state index contributed by atoms with van der Waals surface area (Å²) < 4.78 is 16.6. The number of primary amides is 1. The maximum atomic E-state index is 14.5. The molecule has 17 nitrogen and oxygen atoms in total. The molecule has 0 bridgehead atoms. The molecule has 288 valence electrons. The molecule has 9 rings (SSSR count). The Bertz CT molecular complexity index is 2790. The first-order valence-corrected chi connectivity index (χ1v) is 17.9. The number of rotatable bonds is 6. The molecule has 1 aromatic heterocycles. The van der Waals surface area contributed by atoms with Gasteiger partial charge in [-0.2, -0.15) is 0 Å². The molecule has 8 N–H and O–H groups in total. The van der Waals surface area contributed by atoms with Gasteiger partial charge in [0.15, 0.2) is 23.0 Å². The highest BCUT2D eigenvalue weighted by Gasteiger charge is 2.39. The topological polar surface area (TPSA) is 232 Å². The van der Waals surface area contributed by atoms with E-state index < -0.39 is 23.9 Å². The van der Waals surface area contributed by atoms with Crippen LogP contribution in [0.25, 0.3) is 34.2 Å². The van der Waals surface area contributed by atoms with E-state index in [9.17, 15) is 34.5 Å². The highest BCUT2D eigenvalue weighted by Crippen LogP contribution is 2.49. The van der Waals surface area contributed by atoms with Crippen LogP contribution in [0.15, 0.2) is 12.1 Å². The second-order valence-corrected chi connectivity index (χ2v) is 14.2. The van der Waals surface area contributed by atoms with Crippen LogP contribution >= 0.6 is 0 Å². The fourth-order valence-electron chi connectivity index (χ4n) is 8.78. The molecule has 5 aliphatic rings. The molecule has 5 aliphatic heterocycles. The summed E-state index contributed by atoms with van der Waals surface area (Å²) in [7, 11) is 2.74. The van der Waals surface area contributed by atoms with Crippen molar-refractivity contribution in [3.63, 3.8) is 0 Å². The molecule has 1 atom stereocenters. The van der Waals surface area contributed by atoms with Crippen LogP contribution in [-0.2, 0) is 20.7 Å². The normalized spacial score (nSPS) is 17.1. The van der Waals surface area contributed by atoms with Crippen LogP contribution in [0.5, 0.6) is 28.7 Å². The van der Waals surface area contributed by atoms with E-state index in [0.29, 0.717) is 62.5 Å². The Labute approximate surface area is 317 Å². The number of phenolic OH excluding ortho intramolecular Hbond substituents is 3. The lowest BCUT2D eigenvalue weighted by molar-refractivity contribution is -0.139. The van der Waals surface area contributed by atoms with Gasteiger partial charge in [0, 0.05) is 58.9 Å². The number of carbonyl (C=O) groups excluding carboxylic acids is 4. The molecule has 0 fully saturated rings. The van der Waals surface area contributed by atoms with E-state index in [1.165, 1.54) is 41.9 Å². The molecule has 17 heteroatoms. The number of nitrogens with two attached hydrogens (primary N) is 1. The van der Waals surface area contributed by atoms with Crippen molar-refractivity contribution in [1.82, 2.24) is 4.98 Å². The lowest BCUT2D eigenvalue weighted by Gasteiger charge is -2.23. The highest BCUT2D eigenvalue weighted by atomic mass is 16.5. The number of methoxy groups -OCH3 is 2. The lowest BCUT2D eigenvalue weighted by atomic mass is 10.1. The van der Waals surface area contributed by atoms with Crippen LogP contribution in [0.1, 0.15) is 29.9 Å². The number of hydrogen-bond acceptors (Lipinski definition) is 12. The van der Waals surface area contributed by atoms with Gasteiger partial charge in [0.2, 0.25) is 0 Å². The van der Waals surface area contributed by atoms with Crippen molar-refractivity contribution >= 4 is 86.5 Å². The van der Waals surface area contributed by atoms with E-state index in [-0.39, 0.29) is 78.0 Å². The molecular weight excluding hydrogens is 726 g/mol. The van der Waals surface area contributed by atoms with Crippen molar-refractivity contribution < 1.29 is 48.7 Å². The fourth-order valence-corrected chi connectivity index (χ4v) is 8.78. The van der Waals surface area contributed by atoms with E-state index in [1.807, 2.05) is 6.92 Å². The number of H-pyrrole nitrogens is 1. The third-order valence-corrected chi connectivity index (χ3v) is 11.2. The van der Waals surface area contributed by atoms with Crippen LogP contribution in [0.4, 0.5) is 33.2 Å². The largest absolute Gasteiger partial charge is 0.506 e. The number of carbonyl (C=O) groups is 4. The Hall–Kier alpha value is -7.04. The van der Waals surface area contributed by atoms with Gasteiger partial charge in [0.05, 0.1) is 54.7 Å². The third-order valence-electron chi connectivity index (χ3n) is 11.2. The number of hydrogen-bond donors (Lipinski definition) is 7. The molecule has 0 spiro atoms. The summed E-state index contributed by atoms with van der Waals surface area (Å²) in [5.41, 5.74) is 10.2. The zero-order valence-corrected chi connectivity index (χ0v) is 30.7. The second kappa shape index (κ2) is 12.2. The monoisotopic (exact) mass is 763 g/mol. The third kappa shape index (κ3) is 4.72. The molecule has 0 saturated heterocycles. The molecule has 1 unspecified atom stereocenters. The second-order valence-electron chi connectivity index (χ2n) is 14.2. The van der Waals surface area contributed by atoms with E-state index in [0.717, 1.165) is 16.0 Å². The van der Waals surface area contributed by atoms with E-state index in [2.05, 4.69) is 15.6 Å². The predicted octanol–water partition coefficient (Wildman–Crippen LogP) is 0.115. The molecule has 3 aromatic carbocycles. The lowest BCUT2D eigenvalue weighted by Crippen LogP contribution is -2.41. The number of anilines is 5. The van der Waals surface area contributed by atoms with Crippen LogP contribution in [0.2, 0.25) is 0 Å². The van der Waals surface area contributed by atoms with Gasteiger partial charge in [-0.1, -0.05) is 6.08 Å². The zero-order chi connectivity index (χ0) is 39.5.